The van der Waals surface area contributed by atoms with Gasteiger partial charge < -0.3 is 14.2 Å². The van der Waals surface area contributed by atoms with Gasteiger partial charge in [-0.2, -0.15) is 5.26 Å². The van der Waals surface area contributed by atoms with Crippen LogP contribution >= 0.6 is 0 Å². The molecule has 0 amide bonds. The minimum absolute atomic E-state index is 0.329. The van der Waals surface area contributed by atoms with Crippen LogP contribution in [-0.2, 0) is 13.1 Å². The van der Waals surface area contributed by atoms with E-state index in [-0.39, 0.29) is 5.82 Å². The third kappa shape index (κ3) is 4.20. The molecule has 0 saturated heterocycles. The zero-order valence-electron chi connectivity index (χ0n) is 14.8. The van der Waals surface area contributed by atoms with Crippen molar-refractivity contribution in [2.75, 3.05) is 28.4 Å². The Hall–Kier alpha value is -2.78. The minimum atomic E-state index is -0.329. The van der Waals surface area contributed by atoms with Crippen LogP contribution in [0.4, 0.5) is 4.39 Å². The average Bonchev–Trinajstić information content (AvgIpc) is 2.62. The van der Waals surface area contributed by atoms with Gasteiger partial charge in [0.2, 0.25) is 5.75 Å². The fourth-order valence-electron chi connectivity index (χ4n) is 2.69. The van der Waals surface area contributed by atoms with Crippen molar-refractivity contribution >= 4 is 0 Å². The number of halogens is 1. The second kappa shape index (κ2) is 8.36. The molecular formula is C19H21FN2O3. The van der Waals surface area contributed by atoms with E-state index in [0.717, 1.165) is 5.56 Å². The van der Waals surface area contributed by atoms with Crippen molar-refractivity contribution in [3.8, 4) is 23.3 Å². The van der Waals surface area contributed by atoms with Crippen molar-refractivity contribution in [1.29, 1.82) is 5.26 Å². The van der Waals surface area contributed by atoms with Crippen LogP contribution in [0.3, 0.4) is 0 Å². The molecule has 0 aliphatic carbocycles. The maximum Gasteiger partial charge on any atom is 0.203 e. The lowest BCUT2D eigenvalue weighted by molar-refractivity contribution is 0.293. The molecule has 0 heterocycles. The van der Waals surface area contributed by atoms with E-state index in [1.54, 1.807) is 33.5 Å². The van der Waals surface area contributed by atoms with Crippen LogP contribution in [0.2, 0.25) is 0 Å². The fourth-order valence-corrected chi connectivity index (χ4v) is 2.69. The van der Waals surface area contributed by atoms with Gasteiger partial charge in [0.15, 0.2) is 11.5 Å². The van der Waals surface area contributed by atoms with Gasteiger partial charge in [-0.1, -0.05) is 6.07 Å². The summed E-state index contributed by atoms with van der Waals surface area (Å²) in [6.45, 7) is 0.874. The molecule has 0 saturated carbocycles. The molecular weight excluding hydrogens is 323 g/mol. The molecule has 0 bridgehead atoms. The lowest BCUT2D eigenvalue weighted by atomic mass is 10.1. The second-order valence-electron chi connectivity index (χ2n) is 5.58. The normalized spacial score (nSPS) is 10.4. The summed E-state index contributed by atoms with van der Waals surface area (Å²) in [7, 11) is 6.55. The molecule has 6 heteroatoms. The van der Waals surface area contributed by atoms with Crippen LogP contribution in [0.25, 0.3) is 0 Å². The maximum absolute atomic E-state index is 14.0. The van der Waals surface area contributed by atoms with Crippen molar-refractivity contribution in [2.45, 2.75) is 13.1 Å². The van der Waals surface area contributed by atoms with Gasteiger partial charge >= 0.3 is 0 Å². The third-order valence-corrected chi connectivity index (χ3v) is 3.84. The lowest BCUT2D eigenvalue weighted by Gasteiger charge is -2.21. The number of hydrogen-bond acceptors (Lipinski definition) is 5. The van der Waals surface area contributed by atoms with Crippen LogP contribution in [0.5, 0.6) is 17.2 Å². The van der Waals surface area contributed by atoms with Gasteiger partial charge in [0.1, 0.15) is 5.82 Å². The number of ether oxygens (including phenoxy) is 3. The highest BCUT2D eigenvalue weighted by Gasteiger charge is 2.17. The van der Waals surface area contributed by atoms with E-state index in [1.165, 1.54) is 12.1 Å². The number of benzene rings is 2. The van der Waals surface area contributed by atoms with Crippen LogP contribution in [0.15, 0.2) is 30.3 Å². The number of rotatable bonds is 7. The Morgan fingerprint density at radius 1 is 0.960 bits per heavy atom. The summed E-state index contributed by atoms with van der Waals surface area (Å²) in [6.07, 6.45) is 0. The summed E-state index contributed by atoms with van der Waals surface area (Å²) in [5, 5.41) is 8.97. The number of nitriles is 1. The Kier molecular flexibility index (Phi) is 6.20. The predicted molar refractivity (Wildman–Crippen MR) is 92.4 cm³/mol. The molecule has 0 radical (unpaired) electrons. The zero-order chi connectivity index (χ0) is 18.4. The highest BCUT2D eigenvalue weighted by molar-refractivity contribution is 5.55. The van der Waals surface area contributed by atoms with E-state index in [4.69, 9.17) is 19.5 Å². The van der Waals surface area contributed by atoms with E-state index in [2.05, 4.69) is 0 Å². The van der Waals surface area contributed by atoms with Gasteiger partial charge in [0.05, 0.1) is 33.0 Å². The van der Waals surface area contributed by atoms with Crippen molar-refractivity contribution in [3.05, 3.63) is 52.8 Å². The summed E-state index contributed by atoms with van der Waals surface area (Å²) < 4.78 is 30.1. The van der Waals surface area contributed by atoms with E-state index in [0.29, 0.717) is 41.5 Å². The van der Waals surface area contributed by atoms with E-state index in [1.807, 2.05) is 24.1 Å². The van der Waals surface area contributed by atoms with Crippen molar-refractivity contribution in [2.24, 2.45) is 0 Å². The Morgan fingerprint density at radius 2 is 1.64 bits per heavy atom. The first-order valence-electron chi connectivity index (χ1n) is 7.69. The first kappa shape index (κ1) is 18.6. The SMILES string of the molecule is COc1ccc(CN(C)Cc2cc(C#N)ccc2F)c(OC)c1OC. The minimum Gasteiger partial charge on any atom is -0.493 e. The van der Waals surface area contributed by atoms with Crippen LogP contribution in [-0.4, -0.2) is 33.3 Å². The molecule has 0 spiro atoms. The Labute approximate surface area is 147 Å². The highest BCUT2D eigenvalue weighted by Crippen LogP contribution is 2.40. The van der Waals surface area contributed by atoms with E-state index in [9.17, 15) is 4.39 Å². The molecule has 0 aromatic heterocycles. The van der Waals surface area contributed by atoms with Crippen molar-refractivity contribution in [3.63, 3.8) is 0 Å². The number of methoxy groups -OCH3 is 3. The zero-order valence-corrected chi connectivity index (χ0v) is 14.8. The fraction of sp³-hybridized carbons (Fsp3) is 0.316. The lowest BCUT2D eigenvalue weighted by Crippen LogP contribution is -2.18. The smallest absolute Gasteiger partial charge is 0.203 e. The number of nitrogens with zero attached hydrogens (tertiary/aromatic N) is 2. The third-order valence-electron chi connectivity index (χ3n) is 3.84. The summed E-state index contributed by atoms with van der Waals surface area (Å²) in [4.78, 5) is 1.93. The molecule has 0 fully saturated rings. The molecule has 0 aliphatic heterocycles. The standard InChI is InChI=1S/C19H21FN2O3/c1-22(12-15-9-13(10-21)5-7-16(15)20)11-14-6-8-17(23-2)19(25-4)18(14)24-3/h5-9H,11-12H2,1-4H3. The van der Waals surface area contributed by atoms with Crippen LogP contribution in [0.1, 0.15) is 16.7 Å². The summed E-state index contributed by atoms with van der Waals surface area (Å²) >= 11 is 0. The summed E-state index contributed by atoms with van der Waals surface area (Å²) in [5.41, 5.74) is 1.80. The maximum atomic E-state index is 14.0. The van der Waals surface area contributed by atoms with Gasteiger partial charge in [-0.3, -0.25) is 4.90 Å². The Morgan fingerprint density at radius 3 is 2.24 bits per heavy atom. The van der Waals surface area contributed by atoms with Gasteiger partial charge in [0, 0.05) is 24.2 Å². The highest BCUT2D eigenvalue weighted by atomic mass is 19.1. The molecule has 0 N–H and O–H groups in total. The molecule has 132 valence electrons. The Balaban J connectivity index is 2.24. The first-order valence-corrected chi connectivity index (χ1v) is 7.69. The molecule has 5 nitrogen and oxygen atoms in total. The molecule has 2 aromatic carbocycles. The van der Waals surface area contributed by atoms with E-state index < -0.39 is 0 Å². The van der Waals surface area contributed by atoms with Crippen LogP contribution in [0, 0.1) is 17.1 Å². The second-order valence-corrected chi connectivity index (χ2v) is 5.58. The average molecular weight is 344 g/mol. The molecule has 0 unspecified atom stereocenters. The quantitative estimate of drug-likeness (QED) is 0.771. The molecule has 0 aliphatic rings. The molecule has 2 rings (SSSR count). The van der Waals surface area contributed by atoms with E-state index >= 15 is 0 Å². The van der Waals surface area contributed by atoms with Gasteiger partial charge in [0.25, 0.3) is 0 Å². The van der Waals surface area contributed by atoms with Gasteiger partial charge in [-0.25, -0.2) is 4.39 Å². The largest absolute Gasteiger partial charge is 0.493 e. The van der Waals surface area contributed by atoms with Gasteiger partial charge in [-0.15, -0.1) is 0 Å². The van der Waals surface area contributed by atoms with Crippen molar-refractivity contribution in [1.82, 2.24) is 4.90 Å². The monoisotopic (exact) mass is 344 g/mol. The summed E-state index contributed by atoms with van der Waals surface area (Å²) in [6, 6.07) is 10.1. The molecule has 0 atom stereocenters. The Bertz CT molecular complexity index is 787. The molecule has 2 aromatic rings. The van der Waals surface area contributed by atoms with Crippen molar-refractivity contribution < 1.29 is 18.6 Å². The van der Waals surface area contributed by atoms with Gasteiger partial charge in [-0.05, 0) is 31.3 Å². The molecule has 25 heavy (non-hydrogen) atoms. The predicted octanol–water partition coefficient (Wildman–Crippen LogP) is 3.36. The first-order chi connectivity index (χ1) is 12.0. The summed E-state index contributed by atoms with van der Waals surface area (Å²) in [5.74, 6) is 1.36. The number of hydrogen-bond donors (Lipinski definition) is 0. The topological polar surface area (TPSA) is 54.7 Å². The van der Waals surface area contributed by atoms with Crippen LogP contribution < -0.4 is 14.2 Å².